The lowest BCUT2D eigenvalue weighted by Gasteiger charge is -2.20. The highest BCUT2D eigenvalue weighted by Gasteiger charge is 2.14. The average molecular weight is 282 g/mol. The molecule has 2 aromatic rings. The van der Waals surface area contributed by atoms with Gasteiger partial charge in [0.15, 0.2) is 0 Å². The van der Waals surface area contributed by atoms with E-state index in [1.54, 1.807) is 0 Å². The van der Waals surface area contributed by atoms with Crippen LogP contribution in [0.4, 0.5) is 0 Å². The smallest absolute Gasteiger partial charge is 0.0423 e. The van der Waals surface area contributed by atoms with E-state index >= 15 is 0 Å². The van der Waals surface area contributed by atoms with Crippen LogP contribution < -0.4 is 5.73 Å². The minimum Gasteiger partial charge on any atom is -0.324 e. The number of nitrogens with zero attached hydrogens (tertiary/aromatic N) is 1. The SMILES string of the molecule is Cc1ccc(C(N)Cc2ccc(C(C)(C)C)cc2)c(C)n1. The molecule has 0 spiro atoms. The summed E-state index contributed by atoms with van der Waals surface area (Å²) in [6, 6.07) is 12.9. The zero-order valence-corrected chi connectivity index (χ0v) is 13.8. The molecule has 1 heterocycles. The van der Waals surface area contributed by atoms with E-state index in [2.05, 4.69) is 56.1 Å². The Morgan fingerprint density at radius 1 is 1.00 bits per heavy atom. The van der Waals surface area contributed by atoms with E-state index in [4.69, 9.17) is 5.73 Å². The largest absolute Gasteiger partial charge is 0.324 e. The van der Waals surface area contributed by atoms with Crippen molar-refractivity contribution < 1.29 is 0 Å². The first-order valence-electron chi connectivity index (χ1n) is 7.56. The summed E-state index contributed by atoms with van der Waals surface area (Å²) in [4.78, 5) is 4.50. The van der Waals surface area contributed by atoms with Gasteiger partial charge in [-0.2, -0.15) is 0 Å². The van der Waals surface area contributed by atoms with Crippen molar-refractivity contribution in [2.75, 3.05) is 0 Å². The summed E-state index contributed by atoms with van der Waals surface area (Å²) in [6.45, 7) is 10.7. The van der Waals surface area contributed by atoms with Crippen LogP contribution in [0, 0.1) is 13.8 Å². The third-order valence-corrected chi connectivity index (χ3v) is 3.94. The van der Waals surface area contributed by atoms with Crippen LogP contribution in [0.5, 0.6) is 0 Å². The van der Waals surface area contributed by atoms with Gasteiger partial charge in [-0.15, -0.1) is 0 Å². The normalized spacial score (nSPS) is 13.2. The van der Waals surface area contributed by atoms with Crippen LogP contribution in [0.25, 0.3) is 0 Å². The van der Waals surface area contributed by atoms with Crippen LogP contribution in [0.3, 0.4) is 0 Å². The second-order valence-electron chi connectivity index (χ2n) is 6.88. The zero-order chi connectivity index (χ0) is 15.6. The lowest BCUT2D eigenvalue weighted by molar-refractivity contribution is 0.589. The molecular formula is C19H26N2. The molecule has 2 heteroatoms. The van der Waals surface area contributed by atoms with Crippen LogP contribution in [-0.4, -0.2) is 4.98 Å². The average Bonchev–Trinajstić information content (AvgIpc) is 2.38. The Morgan fingerprint density at radius 2 is 1.62 bits per heavy atom. The Hall–Kier alpha value is -1.67. The molecule has 1 aromatic heterocycles. The molecule has 0 fully saturated rings. The van der Waals surface area contributed by atoms with Crippen molar-refractivity contribution in [1.82, 2.24) is 4.98 Å². The molecule has 0 saturated heterocycles. The summed E-state index contributed by atoms with van der Waals surface area (Å²) in [5.41, 5.74) is 12.4. The standard InChI is InChI=1S/C19H26N2/c1-13-6-11-17(14(2)21-13)18(20)12-15-7-9-16(10-8-15)19(3,4)5/h6-11,18H,12,20H2,1-5H3. The monoisotopic (exact) mass is 282 g/mol. The molecule has 1 aromatic carbocycles. The van der Waals surface area contributed by atoms with Crippen molar-refractivity contribution in [1.29, 1.82) is 0 Å². The third-order valence-electron chi connectivity index (χ3n) is 3.94. The van der Waals surface area contributed by atoms with Crippen molar-refractivity contribution in [3.63, 3.8) is 0 Å². The van der Waals surface area contributed by atoms with E-state index in [9.17, 15) is 0 Å². The predicted molar refractivity (Wildman–Crippen MR) is 89.5 cm³/mol. The summed E-state index contributed by atoms with van der Waals surface area (Å²) >= 11 is 0. The number of hydrogen-bond donors (Lipinski definition) is 1. The second kappa shape index (κ2) is 5.98. The fourth-order valence-corrected chi connectivity index (χ4v) is 2.59. The highest BCUT2D eigenvalue weighted by molar-refractivity contribution is 5.31. The van der Waals surface area contributed by atoms with Crippen LogP contribution in [0.1, 0.15) is 54.9 Å². The molecule has 0 radical (unpaired) electrons. The number of aromatic nitrogens is 1. The molecule has 0 amide bonds. The van der Waals surface area contributed by atoms with Crippen molar-refractivity contribution >= 4 is 0 Å². The van der Waals surface area contributed by atoms with E-state index in [-0.39, 0.29) is 11.5 Å². The Labute approximate surface area is 128 Å². The summed E-state index contributed by atoms with van der Waals surface area (Å²) in [7, 11) is 0. The molecule has 112 valence electrons. The fraction of sp³-hybridized carbons (Fsp3) is 0.421. The van der Waals surface area contributed by atoms with Gasteiger partial charge in [0.2, 0.25) is 0 Å². The highest BCUT2D eigenvalue weighted by Crippen LogP contribution is 2.24. The van der Waals surface area contributed by atoms with Gasteiger partial charge in [-0.3, -0.25) is 4.98 Å². The van der Waals surface area contributed by atoms with E-state index in [0.29, 0.717) is 0 Å². The maximum atomic E-state index is 6.36. The molecule has 2 nitrogen and oxygen atoms in total. The number of benzene rings is 1. The van der Waals surface area contributed by atoms with Crippen LogP contribution >= 0.6 is 0 Å². The first kappa shape index (κ1) is 15.7. The number of nitrogens with two attached hydrogens (primary N) is 1. The molecule has 2 N–H and O–H groups in total. The molecule has 1 unspecified atom stereocenters. The molecule has 21 heavy (non-hydrogen) atoms. The van der Waals surface area contributed by atoms with Crippen LogP contribution in [0.15, 0.2) is 36.4 Å². The van der Waals surface area contributed by atoms with Gasteiger partial charge in [0.25, 0.3) is 0 Å². The van der Waals surface area contributed by atoms with E-state index in [0.717, 1.165) is 23.4 Å². The van der Waals surface area contributed by atoms with Gasteiger partial charge in [-0.1, -0.05) is 51.1 Å². The minimum absolute atomic E-state index is 0.00131. The van der Waals surface area contributed by atoms with E-state index in [1.807, 2.05) is 19.9 Å². The quantitative estimate of drug-likeness (QED) is 0.914. The van der Waals surface area contributed by atoms with Crippen molar-refractivity contribution in [3.05, 3.63) is 64.5 Å². The van der Waals surface area contributed by atoms with Crippen molar-refractivity contribution in [2.45, 2.75) is 52.5 Å². The number of pyridine rings is 1. The molecule has 0 aliphatic carbocycles. The molecule has 0 aliphatic heterocycles. The molecule has 0 bridgehead atoms. The molecule has 0 saturated carbocycles. The lowest BCUT2D eigenvalue weighted by atomic mass is 9.86. The first-order chi connectivity index (χ1) is 9.77. The lowest BCUT2D eigenvalue weighted by Crippen LogP contribution is -2.16. The van der Waals surface area contributed by atoms with Crippen LogP contribution in [-0.2, 0) is 11.8 Å². The topological polar surface area (TPSA) is 38.9 Å². The van der Waals surface area contributed by atoms with Gasteiger partial charge < -0.3 is 5.73 Å². The highest BCUT2D eigenvalue weighted by atomic mass is 14.7. The predicted octanol–water partition coefficient (Wildman–Crippen LogP) is 4.24. The summed E-state index contributed by atoms with van der Waals surface area (Å²) < 4.78 is 0. The summed E-state index contributed by atoms with van der Waals surface area (Å²) in [6.07, 6.45) is 0.843. The Balaban J connectivity index is 2.14. The van der Waals surface area contributed by atoms with E-state index < -0.39 is 0 Å². The Bertz CT molecular complexity index is 606. The molecule has 2 rings (SSSR count). The summed E-state index contributed by atoms with van der Waals surface area (Å²) in [5.74, 6) is 0. The van der Waals surface area contributed by atoms with Crippen LogP contribution in [0.2, 0.25) is 0 Å². The van der Waals surface area contributed by atoms with Gasteiger partial charge in [0, 0.05) is 17.4 Å². The zero-order valence-electron chi connectivity index (χ0n) is 13.8. The van der Waals surface area contributed by atoms with Crippen molar-refractivity contribution in [2.24, 2.45) is 5.73 Å². The fourth-order valence-electron chi connectivity index (χ4n) is 2.59. The second-order valence-corrected chi connectivity index (χ2v) is 6.88. The summed E-state index contributed by atoms with van der Waals surface area (Å²) in [5, 5.41) is 0. The van der Waals surface area contributed by atoms with Gasteiger partial charge in [-0.25, -0.2) is 0 Å². The van der Waals surface area contributed by atoms with Gasteiger partial charge >= 0.3 is 0 Å². The maximum absolute atomic E-state index is 6.36. The third kappa shape index (κ3) is 3.92. The molecule has 0 aliphatic rings. The van der Waals surface area contributed by atoms with Crippen molar-refractivity contribution in [3.8, 4) is 0 Å². The minimum atomic E-state index is -0.00131. The van der Waals surface area contributed by atoms with Gasteiger partial charge in [0.05, 0.1) is 0 Å². The van der Waals surface area contributed by atoms with Gasteiger partial charge in [0.1, 0.15) is 0 Å². The number of aryl methyl sites for hydroxylation is 2. The number of hydrogen-bond acceptors (Lipinski definition) is 2. The molecule has 1 atom stereocenters. The Kier molecular flexibility index (Phi) is 4.48. The Morgan fingerprint density at radius 3 is 2.14 bits per heavy atom. The molecular weight excluding hydrogens is 256 g/mol. The first-order valence-corrected chi connectivity index (χ1v) is 7.56. The van der Waals surface area contributed by atoms with E-state index in [1.165, 1.54) is 11.1 Å². The number of rotatable bonds is 3. The maximum Gasteiger partial charge on any atom is 0.0423 e. The van der Waals surface area contributed by atoms with Gasteiger partial charge in [-0.05, 0) is 48.4 Å².